The Morgan fingerprint density at radius 1 is 1.25 bits per heavy atom. The molecule has 5 nitrogen and oxygen atoms in total. The van der Waals surface area contributed by atoms with Gasteiger partial charge in [-0.05, 0) is 43.3 Å². The summed E-state index contributed by atoms with van der Waals surface area (Å²) >= 11 is 0. The van der Waals surface area contributed by atoms with Crippen molar-refractivity contribution in [1.82, 2.24) is 9.80 Å². The van der Waals surface area contributed by atoms with Crippen LogP contribution in [-0.4, -0.2) is 54.8 Å². The van der Waals surface area contributed by atoms with Gasteiger partial charge in [-0.15, -0.1) is 0 Å². The lowest BCUT2D eigenvalue weighted by atomic mass is 9.67. The van der Waals surface area contributed by atoms with E-state index in [4.69, 9.17) is 5.73 Å². The van der Waals surface area contributed by atoms with Gasteiger partial charge < -0.3 is 15.5 Å². The van der Waals surface area contributed by atoms with Crippen molar-refractivity contribution in [2.24, 2.45) is 11.1 Å². The van der Waals surface area contributed by atoms with Crippen LogP contribution in [0.25, 0.3) is 0 Å². The van der Waals surface area contributed by atoms with Crippen molar-refractivity contribution >= 4 is 11.8 Å². The van der Waals surface area contributed by atoms with Crippen molar-refractivity contribution in [1.29, 1.82) is 0 Å². The number of carbonyl (C=O) groups excluding carboxylic acids is 2. The molecule has 0 radical (unpaired) electrons. The van der Waals surface area contributed by atoms with E-state index in [0.29, 0.717) is 6.42 Å². The molecule has 2 aliphatic rings. The van der Waals surface area contributed by atoms with Crippen molar-refractivity contribution in [2.45, 2.75) is 31.6 Å². The minimum absolute atomic E-state index is 0.0258. The van der Waals surface area contributed by atoms with Crippen LogP contribution in [0.5, 0.6) is 0 Å². The van der Waals surface area contributed by atoms with Crippen LogP contribution < -0.4 is 5.73 Å². The second kappa shape index (κ2) is 6.93. The topological polar surface area (TPSA) is 66.6 Å². The van der Waals surface area contributed by atoms with Crippen molar-refractivity contribution in [3.63, 3.8) is 0 Å². The molecule has 0 aliphatic carbocycles. The third-order valence-electron chi connectivity index (χ3n) is 5.68. The highest BCUT2D eigenvalue weighted by molar-refractivity contribution is 5.84. The first-order valence-electron chi connectivity index (χ1n) is 8.80. The van der Waals surface area contributed by atoms with Crippen LogP contribution >= 0.6 is 0 Å². The van der Waals surface area contributed by atoms with E-state index in [1.54, 1.807) is 0 Å². The molecular weight excluding hydrogens is 302 g/mol. The third kappa shape index (κ3) is 3.61. The van der Waals surface area contributed by atoms with Crippen molar-refractivity contribution in [3.05, 3.63) is 35.9 Å². The van der Waals surface area contributed by atoms with Gasteiger partial charge in [0.15, 0.2) is 0 Å². The average Bonchev–Trinajstić information content (AvgIpc) is 2.58. The van der Waals surface area contributed by atoms with Crippen LogP contribution in [0.1, 0.15) is 37.2 Å². The summed E-state index contributed by atoms with van der Waals surface area (Å²) in [5, 5.41) is 0. The number of hydrogen-bond donors (Lipinski definition) is 1. The number of likely N-dealkylation sites (N-methyl/N-ethyl adjacent to an activating group) is 1. The van der Waals surface area contributed by atoms with Crippen molar-refractivity contribution in [3.8, 4) is 0 Å². The Kier molecular flexibility index (Phi) is 4.90. The normalized spacial score (nSPS) is 24.3. The molecule has 5 heteroatoms. The summed E-state index contributed by atoms with van der Waals surface area (Å²) in [4.78, 5) is 27.9. The largest absolute Gasteiger partial charge is 0.370 e. The maximum atomic E-state index is 12.7. The summed E-state index contributed by atoms with van der Waals surface area (Å²) < 4.78 is 0. The number of primary amides is 1. The lowest BCUT2D eigenvalue weighted by molar-refractivity contribution is -0.139. The molecule has 2 saturated heterocycles. The molecule has 2 N–H and O–H groups in total. The number of hydrogen-bond acceptors (Lipinski definition) is 3. The van der Waals surface area contributed by atoms with E-state index in [0.717, 1.165) is 51.0 Å². The third-order valence-corrected chi connectivity index (χ3v) is 5.68. The summed E-state index contributed by atoms with van der Waals surface area (Å²) in [6, 6.07) is 10.1. The van der Waals surface area contributed by atoms with Crippen LogP contribution in [0, 0.1) is 5.41 Å². The van der Waals surface area contributed by atoms with Crippen LogP contribution in [-0.2, 0) is 9.59 Å². The first kappa shape index (κ1) is 17.0. The summed E-state index contributed by atoms with van der Waals surface area (Å²) in [7, 11) is 1.93. The SMILES string of the molecule is CN1CC2(CCN(CCC(N)=O)CC2)C[C@H](c2ccccc2)C1=O. The number of carbonyl (C=O) groups is 2. The number of rotatable bonds is 4. The van der Waals surface area contributed by atoms with Gasteiger partial charge in [0, 0.05) is 26.6 Å². The molecule has 1 atom stereocenters. The van der Waals surface area contributed by atoms with Gasteiger partial charge in [0.1, 0.15) is 0 Å². The highest BCUT2D eigenvalue weighted by Crippen LogP contribution is 2.45. The minimum Gasteiger partial charge on any atom is -0.370 e. The Labute approximate surface area is 143 Å². The van der Waals surface area contributed by atoms with E-state index in [2.05, 4.69) is 17.0 Å². The molecule has 2 fully saturated rings. The molecule has 0 aromatic heterocycles. The zero-order valence-corrected chi connectivity index (χ0v) is 14.4. The summed E-state index contributed by atoms with van der Waals surface area (Å²) in [5.74, 6) is -0.0208. The molecule has 2 amide bonds. The summed E-state index contributed by atoms with van der Waals surface area (Å²) in [6.45, 7) is 3.56. The predicted octanol–water partition coefficient (Wildman–Crippen LogP) is 1.59. The smallest absolute Gasteiger partial charge is 0.229 e. The standard InChI is InChI=1S/C19H27N3O2/c1-21-14-19(8-11-22(12-9-19)10-7-17(20)23)13-16(18(21)24)15-5-3-2-4-6-15/h2-6,16H,7-14H2,1H3,(H2,20,23)/t16-/m1/s1. The van der Waals surface area contributed by atoms with Crippen LogP contribution in [0.3, 0.4) is 0 Å². The minimum atomic E-state index is -0.234. The lowest BCUT2D eigenvalue weighted by Gasteiger charge is -2.49. The number of piperidine rings is 2. The van der Waals surface area contributed by atoms with Crippen LogP contribution in [0.15, 0.2) is 30.3 Å². The molecule has 1 aromatic rings. The molecule has 0 bridgehead atoms. The average molecular weight is 329 g/mol. The van der Waals surface area contributed by atoms with E-state index in [9.17, 15) is 9.59 Å². The summed E-state index contributed by atoms with van der Waals surface area (Å²) in [5.41, 5.74) is 6.58. The highest BCUT2D eigenvalue weighted by atomic mass is 16.2. The molecular formula is C19H27N3O2. The lowest BCUT2D eigenvalue weighted by Crippen LogP contribution is -2.52. The Hall–Kier alpha value is -1.88. The fourth-order valence-electron chi connectivity index (χ4n) is 4.26. The molecule has 0 unspecified atom stereocenters. The van der Waals surface area contributed by atoms with Gasteiger partial charge in [0.05, 0.1) is 5.92 Å². The molecule has 1 spiro atoms. The monoisotopic (exact) mass is 329 g/mol. The van der Waals surface area contributed by atoms with Gasteiger partial charge in [-0.1, -0.05) is 30.3 Å². The molecule has 1 aromatic carbocycles. The van der Waals surface area contributed by atoms with Crippen LogP contribution in [0.2, 0.25) is 0 Å². The first-order chi connectivity index (χ1) is 11.5. The maximum Gasteiger partial charge on any atom is 0.229 e. The van der Waals surface area contributed by atoms with E-state index >= 15 is 0 Å². The van der Waals surface area contributed by atoms with E-state index in [1.807, 2.05) is 30.1 Å². The number of nitrogens with zero attached hydrogens (tertiary/aromatic N) is 2. The highest BCUT2D eigenvalue weighted by Gasteiger charge is 2.44. The van der Waals surface area contributed by atoms with Gasteiger partial charge >= 0.3 is 0 Å². The van der Waals surface area contributed by atoms with Gasteiger partial charge in [0.25, 0.3) is 0 Å². The van der Waals surface area contributed by atoms with E-state index in [1.165, 1.54) is 0 Å². The zero-order chi connectivity index (χ0) is 17.2. The quantitative estimate of drug-likeness (QED) is 0.912. The van der Waals surface area contributed by atoms with E-state index in [-0.39, 0.29) is 23.1 Å². The molecule has 3 rings (SSSR count). The number of benzene rings is 1. The van der Waals surface area contributed by atoms with Gasteiger partial charge in [-0.2, -0.15) is 0 Å². The number of nitrogens with two attached hydrogens (primary N) is 1. The molecule has 130 valence electrons. The Balaban J connectivity index is 1.68. The van der Waals surface area contributed by atoms with Gasteiger partial charge in [-0.25, -0.2) is 0 Å². The fourth-order valence-corrected chi connectivity index (χ4v) is 4.26. The maximum absolute atomic E-state index is 12.7. The Morgan fingerprint density at radius 3 is 2.54 bits per heavy atom. The zero-order valence-electron chi connectivity index (χ0n) is 14.4. The Morgan fingerprint density at radius 2 is 1.92 bits per heavy atom. The first-order valence-corrected chi connectivity index (χ1v) is 8.80. The summed E-state index contributed by atoms with van der Waals surface area (Å²) in [6.07, 6.45) is 3.52. The Bertz CT molecular complexity index is 594. The molecule has 0 saturated carbocycles. The predicted molar refractivity (Wildman–Crippen MR) is 93.4 cm³/mol. The molecule has 24 heavy (non-hydrogen) atoms. The van der Waals surface area contributed by atoms with Crippen LogP contribution in [0.4, 0.5) is 0 Å². The molecule has 2 heterocycles. The molecule has 2 aliphatic heterocycles. The van der Waals surface area contributed by atoms with Crippen molar-refractivity contribution < 1.29 is 9.59 Å². The number of likely N-dealkylation sites (tertiary alicyclic amines) is 2. The van der Waals surface area contributed by atoms with E-state index < -0.39 is 0 Å². The second-order valence-electron chi connectivity index (χ2n) is 7.42. The number of amides is 2. The van der Waals surface area contributed by atoms with Crippen molar-refractivity contribution in [2.75, 3.05) is 33.2 Å². The second-order valence-corrected chi connectivity index (χ2v) is 7.42. The fraction of sp³-hybridized carbons (Fsp3) is 0.579. The van der Waals surface area contributed by atoms with Gasteiger partial charge in [0.2, 0.25) is 11.8 Å². The van der Waals surface area contributed by atoms with Gasteiger partial charge in [-0.3, -0.25) is 9.59 Å².